The van der Waals surface area contributed by atoms with Crippen LogP contribution in [0.1, 0.15) is 6.42 Å². The molecule has 4 nitrogen and oxygen atoms in total. The normalized spacial score (nSPS) is 10.2. The van der Waals surface area contributed by atoms with Crippen LogP contribution in [0.4, 0.5) is 5.69 Å². The molecular weight excluding hydrogens is 344 g/mol. The van der Waals surface area contributed by atoms with Gasteiger partial charge >= 0.3 is 0 Å². The lowest BCUT2D eigenvalue weighted by Crippen LogP contribution is -2.35. The van der Waals surface area contributed by atoms with Crippen LogP contribution < -0.4 is 5.32 Å². The first kappa shape index (κ1) is 18.4. The van der Waals surface area contributed by atoms with Gasteiger partial charge in [0.05, 0.1) is 6.54 Å². The van der Waals surface area contributed by atoms with Crippen LogP contribution in [0.3, 0.4) is 0 Å². The number of thioether (sulfide) groups is 1. The molecule has 0 heterocycles. The van der Waals surface area contributed by atoms with Crippen molar-refractivity contribution in [2.45, 2.75) is 11.3 Å². The molecule has 0 fully saturated rings. The smallest absolute Gasteiger partial charge is 0.243 e. The van der Waals surface area contributed by atoms with Crippen molar-refractivity contribution >= 4 is 40.9 Å². The second kappa shape index (κ2) is 9.35. The maximum Gasteiger partial charge on any atom is 0.243 e. The van der Waals surface area contributed by atoms with E-state index in [4.69, 9.17) is 11.6 Å². The van der Waals surface area contributed by atoms with Crippen molar-refractivity contribution in [1.82, 2.24) is 4.90 Å². The first-order valence-corrected chi connectivity index (χ1v) is 8.88. The summed E-state index contributed by atoms with van der Waals surface area (Å²) in [5.41, 5.74) is 0.657. The van der Waals surface area contributed by atoms with Gasteiger partial charge in [0.2, 0.25) is 11.8 Å². The third kappa shape index (κ3) is 6.26. The molecule has 2 rings (SSSR count). The van der Waals surface area contributed by atoms with Crippen LogP contribution in [0.15, 0.2) is 59.5 Å². The van der Waals surface area contributed by atoms with Gasteiger partial charge in [-0.2, -0.15) is 0 Å². The SMILES string of the molecule is CN(CC(=O)Nc1ccc(Cl)cc1)C(=O)CCSc1ccccc1. The third-order valence-corrected chi connectivity index (χ3v) is 4.53. The largest absolute Gasteiger partial charge is 0.336 e. The lowest BCUT2D eigenvalue weighted by atomic mass is 10.3. The summed E-state index contributed by atoms with van der Waals surface area (Å²) in [6.07, 6.45) is 0.393. The van der Waals surface area contributed by atoms with Crippen molar-refractivity contribution in [2.24, 2.45) is 0 Å². The highest BCUT2D eigenvalue weighted by Crippen LogP contribution is 2.18. The minimum atomic E-state index is -0.233. The Morgan fingerprint density at radius 1 is 1.08 bits per heavy atom. The summed E-state index contributed by atoms with van der Waals surface area (Å²) >= 11 is 7.43. The molecule has 0 spiro atoms. The van der Waals surface area contributed by atoms with Gasteiger partial charge in [0.15, 0.2) is 0 Å². The van der Waals surface area contributed by atoms with E-state index in [1.54, 1.807) is 43.1 Å². The Balaban J connectivity index is 1.72. The van der Waals surface area contributed by atoms with E-state index in [1.807, 2.05) is 30.3 Å². The molecule has 0 unspecified atom stereocenters. The van der Waals surface area contributed by atoms with Gasteiger partial charge < -0.3 is 10.2 Å². The van der Waals surface area contributed by atoms with Gasteiger partial charge in [0.1, 0.15) is 0 Å². The molecule has 1 N–H and O–H groups in total. The van der Waals surface area contributed by atoms with Crippen molar-refractivity contribution in [3.8, 4) is 0 Å². The Morgan fingerprint density at radius 3 is 2.42 bits per heavy atom. The molecule has 0 aromatic heterocycles. The molecule has 2 aromatic carbocycles. The van der Waals surface area contributed by atoms with Gasteiger partial charge in [-0.15, -0.1) is 11.8 Å². The Morgan fingerprint density at radius 2 is 1.75 bits per heavy atom. The van der Waals surface area contributed by atoms with E-state index in [0.717, 1.165) is 4.90 Å². The molecule has 126 valence electrons. The number of hydrogen-bond donors (Lipinski definition) is 1. The predicted molar refractivity (Wildman–Crippen MR) is 99.5 cm³/mol. The second-order valence-electron chi connectivity index (χ2n) is 5.22. The van der Waals surface area contributed by atoms with E-state index in [-0.39, 0.29) is 18.4 Å². The molecule has 0 saturated heterocycles. The Labute approximate surface area is 151 Å². The minimum Gasteiger partial charge on any atom is -0.336 e. The standard InChI is InChI=1S/C18H19ClN2O2S/c1-21(13-17(22)20-15-9-7-14(19)8-10-15)18(23)11-12-24-16-5-3-2-4-6-16/h2-10H,11-13H2,1H3,(H,20,22). The number of halogens is 1. The number of amides is 2. The van der Waals surface area contributed by atoms with Gasteiger partial charge in [-0.1, -0.05) is 29.8 Å². The highest BCUT2D eigenvalue weighted by atomic mass is 35.5. The molecule has 2 amide bonds. The van der Waals surface area contributed by atoms with E-state index in [0.29, 0.717) is 22.9 Å². The first-order valence-electron chi connectivity index (χ1n) is 7.52. The summed E-state index contributed by atoms with van der Waals surface area (Å²) in [6.45, 7) is 0.0253. The topological polar surface area (TPSA) is 49.4 Å². The highest BCUT2D eigenvalue weighted by Gasteiger charge is 2.13. The van der Waals surface area contributed by atoms with Crippen molar-refractivity contribution in [3.05, 3.63) is 59.6 Å². The molecule has 0 aliphatic carbocycles. The lowest BCUT2D eigenvalue weighted by molar-refractivity contribution is -0.132. The summed E-state index contributed by atoms with van der Waals surface area (Å²) < 4.78 is 0. The molecular formula is C18H19ClN2O2S. The number of rotatable bonds is 7. The van der Waals surface area contributed by atoms with Crippen LogP contribution >= 0.6 is 23.4 Å². The number of carbonyl (C=O) groups is 2. The molecule has 0 saturated carbocycles. The van der Waals surface area contributed by atoms with E-state index in [2.05, 4.69) is 5.32 Å². The number of carbonyl (C=O) groups excluding carboxylic acids is 2. The second-order valence-corrected chi connectivity index (χ2v) is 6.82. The third-order valence-electron chi connectivity index (χ3n) is 3.26. The minimum absolute atomic E-state index is 0.0253. The van der Waals surface area contributed by atoms with Crippen LogP contribution in [-0.2, 0) is 9.59 Å². The lowest BCUT2D eigenvalue weighted by Gasteiger charge is -2.16. The molecule has 0 bridgehead atoms. The summed E-state index contributed by atoms with van der Waals surface area (Å²) in [5, 5.41) is 3.35. The summed E-state index contributed by atoms with van der Waals surface area (Å²) in [5.74, 6) is 0.403. The maximum absolute atomic E-state index is 12.1. The number of nitrogens with zero attached hydrogens (tertiary/aromatic N) is 1. The summed E-state index contributed by atoms with van der Waals surface area (Å²) in [7, 11) is 1.64. The zero-order chi connectivity index (χ0) is 17.4. The van der Waals surface area contributed by atoms with E-state index >= 15 is 0 Å². The molecule has 6 heteroatoms. The molecule has 0 radical (unpaired) electrons. The van der Waals surface area contributed by atoms with Gasteiger partial charge in [0.25, 0.3) is 0 Å². The molecule has 2 aromatic rings. The molecule has 24 heavy (non-hydrogen) atoms. The fourth-order valence-corrected chi connectivity index (χ4v) is 2.99. The quantitative estimate of drug-likeness (QED) is 0.759. The number of nitrogens with one attached hydrogen (secondary N) is 1. The van der Waals surface area contributed by atoms with Gasteiger partial charge in [-0.3, -0.25) is 9.59 Å². The van der Waals surface area contributed by atoms with E-state index < -0.39 is 0 Å². The Bertz CT molecular complexity index is 677. The first-order chi connectivity index (χ1) is 11.5. The zero-order valence-corrected chi connectivity index (χ0v) is 14.9. The average molecular weight is 363 g/mol. The van der Waals surface area contributed by atoms with Crippen LogP contribution in [0, 0.1) is 0 Å². The van der Waals surface area contributed by atoms with Crippen LogP contribution in [0.2, 0.25) is 5.02 Å². The number of anilines is 1. The van der Waals surface area contributed by atoms with Crippen molar-refractivity contribution < 1.29 is 9.59 Å². The summed E-state index contributed by atoms with van der Waals surface area (Å²) in [4.78, 5) is 26.6. The predicted octanol–water partition coefficient (Wildman–Crippen LogP) is 3.92. The zero-order valence-electron chi connectivity index (χ0n) is 13.4. The van der Waals surface area contributed by atoms with Crippen molar-refractivity contribution in [1.29, 1.82) is 0 Å². The number of likely N-dealkylation sites (N-methyl/N-ethyl adjacent to an activating group) is 1. The molecule has 0 aliphatic heterocycles. The number of hydrogen-bond acceptors (Lipinski definition) is 3. The molecule has 0 aliphatic rings. The fourth-order valence-electron chi connectivity index (χ4n) is 2.00. The maximum atomic E-state index is 12.1. The summed E-state index contributed by atoms with van der Waals surface area (Å²) in [6, 6.07) is 16.8. The van der Waals surface area contributed by atoms with Crippen LogP contribution in [0.25, 0.3) is 0 Å². The Hall–Kier alpha value is -1.98. The van der Waals surface area contributed by atoms with Crippen molar-refractivity contribution in [2.75, 3.05) is 24.7 Å². The van der Waals surface area contributed by atoms with E-state index in [1.165, 1.54) is 4.90 Å². The van der Waals surface area contributed by atoms with Gasteiger partial charge in [-0.25, -0.2) is 0 Å². The van der Waals surface area contributed by atoms with E-state index in [9.17, 15) is 9.59 Å². The van der Waals surface area contributed by atoms with Gasteiger partial charge in [-0.05, 0) is 36.4 Å². The Kier molecular flexibility index (Phi) is 7.15. The monoisotopic (exact) mass is 362 g/mol. The average Bonchev–Trinajstić information content (AvgIpc) is 2.57. The van der Waals surface area contributed by atoms with Gasteiger partial charge in [0, 0.05) is 34.8 Å². The highest BCUT2D eigenvalue weighted by molar-refractivity contribution is 7.99. The van der Waals surface area contributed by atoms with Crippen LogP contribution in [-0.4, -0.2) is 36.1 Å². The molecule has 0 atom stereocenters. The van der Waals surface area contributed by atoms with Crippen LogP contribution in [0.5, 0.6) is 0 Å². The van der Waals surface area contributed by atoms with Crippen molar-refractivity contribution in [3.63, 3.8) is 0 Å². The number of benzene rings is 2. The fraction of sp³-hybridized carbons (Fsp3) is 0.222.